The number of rotatable bonds is 2. The van der Waals surface area contributed by atoms with E-state index < -0.39 is 27.1 Å². The van der Waals surface area contributed by atoms with E-state index in [4.69, 9.17) is 0 Å². The molecule has 7 rings (SSSR count). The summed E-state index contributed by atoms with van der Waals surface area (Å²) in [6.45, 7) is 8.57. The number of likely N-dealkylation sites (N-methyl/N-ethyl adjacent to an activating group) is 2. The van der Waals surface area contributed by atoms with Gasteiger partial charge in [0, 0.05) is 36.3 Å². The molecule has 0 bridgehead atoms. The van der Waals surface area contributed by atoms with Gasteiger partial charge in [0.15, 0.2) is 0 Å². The molecule has 5 aromatic rings. The van der Waals surface area contributed by atoms with Crippen LogP contribution in [0.1, 0.15) is 38.8 Å². The van der Waals surface area contributed by atoms with Gasteiger partial charge in [-0.05, 0) is 57.0 Å². The fourth-order valence-corrected chi connectivity index (χ4v) is 7.88. The average Bonchev–Trinajstić information content (AvgIpc) is 3.40. The molecule has 0 amide bonds. The van der Waals surface area contributed by atoms with Crippen LogP contribution < -0.4 is 36.5 Å². The van der Waals surface area contributed by atoms with Crippen LogP contribution in [-0.2, 0) is 10.8 Å². The summed E-state index contributed by atoms with van der Waals surface area (Å²) in [7, 11) is 3.98. The van der Waals surface area contributed by atoms with Gasteiger partial charge in [-0.1, -0.05) is 88.4 Å². The van der Waals surface area contributed by atoms with Gasteiger partial charge >= 0.3 is 0 Å². The first-order chi connectivity index (χ1) is 19.9. The SMILES string of the molecule is CN1c2ccc3ccccc3c2C(C)(C)C1/C=c1\c(=O)c(=O)/c(=C\C2N(C)c3ccc4ccccc4c3C2(C)C)c1=O. The predicted molar refractivity (Wildman–Crippen MR) is 174 cm³/mol. The lowest BCUT2D eigenvalue weighted by Crippen LogP contribution is -2.45. The van der Waals surface area contributed by atoms with Crippen LogP contribution in [0.25, 0.3) is 33.7 Å². The van der Waals surface area contributed by atoms with Gasteiger partial charge in [0.2, 0.25) is 16.3 Å². The van der Waals surface area contributed by atoms with Crippen LogP contribution in [0.2, 0.25) is 0 Å². The Hall–Kier alpha value is -4.51. The van der Waals surface area contributed by atoms with Gasteiger partial charge in [-0.2, -0.15) is 0 Å². The first-order valence-corrected chi connectivity index (χ1v) is 14.5. The van der Waals surface area contributed by atoms with Crippen molar-refractivity contribution in [3.63, 3.8) is 0 Å². The monoisotopic (exact) mass is 554 g/mol. The van der Waals surface area contributed by atoms with Crippen molar-refractivity contribution in [2.45, 2.75) is 50.6 Å². The standard InChI is InChI=1S/C37H34N2O3/c1-36(2)29(38(5)27-17-15-21-11-7-9-13-23(21)31(27)36)19-25-33(40)26(35(42)34(25)41)20-30-37(3,4)32-24-14-10-8-12-22(24)16-18-28(32)39(30)6/h7-20,29-30H,1-6H3/b25-19-,26-20-. The first-order valence-electron chi connectivity index (χ1n) is 14.5. The Morgan fingerprint density at radius 3 is 1.33 bits per heavy atom. The van der Waals surface area contributed by atoms with Crippen LogP contribution in [0.5, 0.6) is 0 Å². The van der Waals surface area contributed by atoms with Crippen molar-refractivity contribution >= 4 is 45.1 Å². The molecule has 5 nitrogen and oxygen atoms in total. The number of hydrogen-bond donors (Lipinski definition) is 0. The lowest BCUT2D eigenvalue weighted by atomic mass is 9.78. The summed E-state index contributed by atoms with van der Waals surface area (Å²) in [5.74, 6) is 0. The zero-order valence-electron chi connectivity index (χ0n) is 24.9. The Morgan fingerprint density at radius 1 is 0.548 bits per heavy atom. The predicted octanol–water partition coefficient (Wildman–Crippen LogP) is 4.10. The molecule has 0 fully saturated rings. The van der Waals surface area contributed by atoms with Crippen LogP contribution >= 0.6 is 0 Å². The van der Waals surface area contributed by atoms with E-state index >= 15 is 0 Å². The van der Waals surface area contributed by atoms with Gasteiger partial charge in [0.1, 0.15) is 0 Å². The summed E-state index contributed by atoms with van der Waals surface area (Å²) in [4.78, 5) is 45.0. The molecule has 2 atom stereocenters. The summed E-state index contributed by atoms with van der Waals surface area (Å²) in [5.41, 5.74) is 1.82. The Balaban J connectivity index is 1.38. The van der Waals surface area contributed by atoms with Crippen molar-refractivity contribution in [3.05, 3.63) is 125 Å². The van der Waals surface area contributed by atoms with E-state index in [2.05, 4.69) is 86.0 Å². The summed E-state index contributed by atoms with van der Waals surface area (Å²) < 4.78 is 0. The molecule has 0 spiro atoms. The van der Waals surface area contributed by atoms with Crippen molar-refractivity contribution in [2.75, 3.05) is 23.9 Å². The Bertz CT molecular complexity index is 2060. The van der Waals surface area contributed by atoms with Crippen molar-refractivity contribution < 1.29 is 0 Å². The van der Waals surface area contributed by atoms with E-state index in [1.54, 1.807) is 12.2 Å². The van der Waals surface area contributed by atoms with Gasteiger partial charge in [-0.3, -0.25) is 14.4 Å². The number of anilines is 2. The molecule has 210 valence electrons. The second kappa shape index (κ2) is 8.75. The number of nitrogens with zero attached hydrogens (tertiary/aromatic N) is 2. The lowest BCUT2D eigenvalue weighted by molar-refractivity contribution is 0.507. The van der Waals surface area contributed by atoms with Crippen LogP contribution in [0.4, 0.5) is 11.4 Å². The molecule has 0 N–H and O–H groups in total. The average molecular weight is 555 g/mol. The van der Waals surface area contributed by atoms with Gasteiger partial charge in [-0.25, -0.2) is 0 Å². The maximum absolute atomic E-state index is 13.9. The van der Waals surface area contributed by atoms with Gasteiger partial charge in [0.05, 0.1) is 22.5 Å². The van der Waals surface area contributed by atoms with Crippen molar-refractivity contribution in [2.24, 2.45) is 0 Å². The molecule has 2 aliphatic rings. The zero-order valence-corrected chi connectivity index (χ0v) is 24.9. The van der Waals surface area contributed by atoms with Crippen molar-refractivity contribution in [3.8, 4) is 0 Å². The smallest absolute Gasteiger partial charge is 0.237 e. The molecule has 2 unspecified atom stereocenters. The highest BCUT2D eigenvalue weighted by atomic mass is 16.2. The van der Waals surface area contributed by atoms with Crippen LogP contribution in [0, 0.1) is 0 Å². The molecule has 0 saturated heterocycles. The topological polar surface area (TPSA) is 57.7 Å². The minimum absolute atomic E-state index is 0.0188. The van der Waals surface area contributed by atoms with E-state index in [1.807, 2.05) is 38.4 Å². The molecular formula is C37H34N2O3. The molecule has 0 aromatic heterocycles. The third-order valence-electron chi connectivity index (χ3n) is 10.0. The third-order valence-corrected chi connectivity index (χ3v) is 10.0. The maximum Gasteiger partial charge on any atom is 0.237 e. The highest BCUT2D eigenvalue weighted by molar-refractivity contribution is 5.95. The van der Waals surface area contributed by atoms with Crippen molar-refractivity contribution in [1.29, 1.82) is 0 Å². The van der Waals surface area contributed by atoms with Crippen molar-refractivity contribution in [1.82, 2.24) is 0 Å². The molecule has 2 aliphatic heterocycles. The largest absolute Gasteiger partial charge is 0.367 e. The van der Waals surface area contributed by atoms with E-state index in [-0.39, 0.29) is 22.5 Å². The van der Waals surface area contributed by atoms with Crippen LogP contribution in [-0.4, -0.2) is 26.2 Å². The van der Waals surface area contributed by atoms with Crippen LogP contribution in [0.3, 0.4) is 0 Å². The van der Waals surface area contributed by atoms with E-state index in [9.17, 15) is 14.4 Å². The number of fused-ring (bicyclic) bond motifs is 6. The van der Waals surface area contributed by atoms with Crippen LogP contribution in [0.15, 0.2) is 87.2 Å². The molecule has 5 heteroatoms. The molecule has 0 aliphatic carbocycles. The number of hydrogen-bond acceptors (Lipinski definition) is 5. The van der Waals surface area contributed by atoms with E-state index in [0.717, 1.165) is 32.9 Å². The Labute approximate surface area is 244 Å². The van der Waals surface area contributed by atoms with Gasteiger partial charge in [0.25, 0.3) is 0 Å². The minimum atomic E-state index is -0.710. The molecule has 0 radical (unpaired) electrons. The fourth-order valence-electron chi connectivity index (χ4n) is 7.88. The minimum Gasteiger partial charge on any atom is -0.367 e. The molecule has 2 heterocycles. The normalized spacial score (nSPS) is 21.5. The maximum atomic E-state index is 13.9. The second-order valence-electron chi connectivity index (χ2n) is 13.1. The lowest BCUT2D eigenvalue weighted by Gasteiger charge is -2.30. The molecule has 5 aromatic carbocycles. The summed E-state index contributed by atoms with van der Waals surface area (Å²) >= 11 is 0. The third kappa shape index (κ3) is 3.40. The second-order valence-corrected chi connectivity index (χ2v) is 13.1. The fraction of sp³-hybridized carbons (Fsp3) is 0.270. The van der Waals surface area contributed by atoms with Gasteiger partial charge in [-0.15, -0.1) is 0 Å². The van der Waals surface area contributed by atoms with E-state index in [1.165, 1.54) is 11.1 Å². The zero-order chi connectivity index (χ0) is 29.7. The summed E-state index contributed by atoms with van der Waals surface area (Å²) in [6, 6.07) is 24.4. The Kier molecular flexibility index (Phi) is 5.50. The highest BCUT2D eigenvalue weighted by Gasteiger charge is 2.44. The molecule has 42 heavy (non-hydrogen) atoms. The highest BCUT2D eigenvalue weighted by Crippen LogP contribution is 2.49. The molecular weight excluding hydrogens is 520 g/mol. The summed E-state index contributed by atoms with van der Waals surface area (Å²) in [6.07, 6.45) is 3.48. The quantitative estimate of drug-likeness (QED) is 0.308. The van der Waals surface area contributed by atoms with Gasteiger partial charge < -0.3 is 9.80 Å². The molecule has 0 saturated carbocycles. The first kappa shape index (κ1) is 26.4. The number of benzene rings is 4. The van der Waals surface area contributed by atoms with E-state index in [0.29, 0.717) is 0 Å². The Morgan fingerprint density at radius 2 is 0.929 bits per heavy atom. The summed E-state index contributed by atoms with van der Waals surface area (Å²) in [5, 5.41) is 4.58.